The van der Waals surface area contributed by atoms with Crippen LogP contribution in [0.1, 0.15) is 33.6 Å². The molecule has 0 aliphatic carbocycles. The van der Waals surface area contributed by atoms with Gasteiger partial charge in [-0.2, -0.15) is 0 Å². The number of hydrogen-bond acceptors (Lipinski definition) is 0. The van der Waals surface area contributed by atoms with Gasteiger partial charge in [0.25, 0.3) is 0 Å². The highest BCUT2D eigenvalue weighted by Crippen LogP contribution is 2.07. The maximum absolute atomic E-state index is 2.36. The average molecular weight is 232 g/mol. The molecule has 0 fully saturated rings. The molecule has 0 unspecified atom stereocenters. The van der Waals surface area contributed by atoms with E-state index >= 15 is 0 Å². The van der Waals surface area contributed by atoms with Gasteiger partial charge in [0, 0.05) is 0 Å². The first kappa shape index (κ1) is 17.1. The van der Waals surface area contributed by atoms with Gasteiger partial charge >= 0.3 is 0 Å². The number of likely N-dealkylation sites (N-methyl/N-ethyl adjacent to an activating group) is 1. The molecule has 2 heteroatoms. The minimum Gasteiger partial charge on any atom is -1.00 e. The number of rotatable bonds is 5. The minimum absolute atomic E-state index is 0. The molecule has 0 heterocycles. The molecular formula is C13H26ClN. The van der Waals surface area contributed by atoms with Crippen LogP contribution in [0.2, 0.25) is 0 Å². The van der Waals surface area contributed by atoms with Crippen LogP contribution < -0.4 is 12.4 Å². The Bertz CT molecular complexity index is 217. The Morgan fingerprint density at radius 2 is 1.53 bits per heavy atom. The van der Waals surface area contributed by atoms with Crippen LogP contribution in [-0.2, 0) is 0 Å². The molecule has 0 spiro atoms. The van der Waals surface area contributed by atoms with Gasteiger partial charge in [-0.25, -0.2) is 0 Å². The molecular weight excluding hydrogens is 206 g/mol. The molecule has 0 saturated heterocycles. The number of hydrogen-bond donors (Lipinski definition) is 0. The summed E-state index contributed by atoms with van der Waals surface area (Å²) in [5.41, 5.74) is 2.93. The largest absolute Gasteiger partial charge is 1.00 e. The predicted molar refractivity (Wildman–Crippen MR) is 65.3 cm³/mol. The van der Waals surface area contributed by atoms with E-state index in [9.17, 15) is 0 Å². The molecule has 1 nitrogen and oxygen atoms in total. The second kappa shape index (κ2) is 7.95. The lowest BCUT2D eigenvalue weighted by Crippen LogP contribution is -3.00. The second-order valence-electron chi connectivity index (χ2n) is 5.34. The Morgan fingerprint density at radius 3 is 1.93 bits per heavy atom. The Kier molecular flexibility index (Phi) is 9.08. The standard InChI is InChI=1S/C13H26N.ClH/c1-12(2)8-7-9-13(3)10-11-14(4,5)6;/h8,10H,7,9,11H2,1-6H3;1H/q+1;/p-1. The van der Waals surface area contributed by atoms with Gasteiger partial charge in [-0.1, -0.05) is 17.2 Å². The van der Waals surface area contributed by atoms with Crippen molar-refractivity contribution in [2.75, 3.05) is 27.7 Å². The Hall–Kier alpha value is -0.270. The van der Waals surface area contributed by atoms with Gasteiger partial charge < -0.3 is 16.9 Å². The Labute approximate surface area is 102 Å². The van der Waals surface area contributed by atoms with Gasteiger partial charge in [0.2, 0.25) is 0 Å². The van der Waals surface area contributed by atoms with Crippen molar-refractivity contribution >= 4 is 0 Å². The van der Waals surface area contributed by atoms with Crippen molar-refractivity contribution in [2.45, 2.75) is 33.6 Å². The first-order valence-electron chi connectivity index (χ1n) is 5.41. The summed E-state index contributed by atoms with van der Waals surface area (Å²) in [4.78, 5) is 0. The maximum Gasteiger partial charge on any atom is 0.0970 e. The van der Waals surface area contributed by atoms with Crippen molar-refractivity contribution in [1.29, 1.82) is 0 Å². The first-order valence-corrected chi connectivity index (χ1v) is 5.41. The summed E-state index contributed by atoms with van der Waals surface area (Å²) in [6, 6.07) is 0. The summed E-state index contributed by atoms with van der Waals surface area (Å²) in [7, 11) is 6.67. The molecule has 0 N–H and O–H groups in total. The van der Waals surface area contributed by atoms with Crippen molar-refractivity contribution in [3.05, 3.63) is 23.3 Å². The zero-order valence-electron chi connectivity index (χ0n) is 11.1. The van der Waals surface area contributed by atoms with Gasteiger partial charge in [0.05, 0.1) is 27.7 Å². The summed E-state index contributed by atoms with van der Waals surface area (Å²) in [6.07, 6.45) is 7.05. The first-order chi connectivity index (χ1) is 6.31. The monoisotopic (exact) mass is 231 g/mol. The summed E-state index contributed by atoms with van der Waals surface area (Å²) in [5, 5.41) is 0. The van der Waals surface area contributed by atoms with E-state index in [4.69, 9.17) is 0 Å². The summed E-state index contributed by atoms with van der Waals surface area (Å²) in [6.45, 7) is 7.67. The maximum atomic E-state index is 2.36. The molecule has 15 heavy (non-hydrogen) atoms. The van der Waals surface area contributed by atoms with Gasteiger partial charge in [-0.05, 0) is 39.7 Å². The number of nitrogens with zero attached hydrogens (tertiary/aromatic N) is 1. The van der Waals surface area contributed by atoms with Gasteiger partial charge in [0.1, 0.15) is 0 Å². The fourth-order valence-corrected chi connectivity index (χ4v) is 1.12. The minimum atomic E-state index is 0. The number of allylic oxidation sites excluding steroid dienone is 3. The van der Waals surface area contributed by atoms with E-state index in [2.05, 4.69) is 54.1 Å². The van der Waals surface area contributed by atoms with Gasteiger partial charge in [0.15, 0.2) is 0 Å². The molecule has 0 atom stereocenters. The summed E-state index contributed by atoms with van der Waals surface area (Å²) in [5.74, 6) is 0. The Balaban J connectivity index is 0. The van der Waals surface area contributed by atoms with E-state index in [-0.39, 0.29) is 12.4 Å². The van der Waals surface area contributed by atoms with Crippen molar-refractivity contribution < 1.29 is 16.9 Å². The molecule has 0 rings (SSSR count). The third-order valence-corrected chi connectivity index (χ3v) is 2.08. The van der Waals surface area contributed by atoms with E-state index in [0.717, 1.165) is 11.0 Å². The topological polar surface area (TPSA) is 0 Å². The SMILES string of the molecule is CC(C)=CCCC(C)=CC[N+](C)(C)C.[Cl-]. The predicted octanol–water partition coefficient (Wildman–Crippen LogP) is 0.389. The highest BCUT2D eigenvalue weighted by Gasteiger charge is 2.02. The third kappa shape index (κ3) is 13.7. The molecule has 0 aromatic heterocycles. The van der Waals surface area contributed by atoms with Gasteiger partial charge in [-0.15, -0.1) is 0 Å². The quantitative estimate of drug-likeness (QED) is 0.475. The average Bonchev–Trinajstić information content (AvgIpc) is 1.99. The molecule has 0 saturated carbocycles. The lowest BCUT2D eigenvalue weighted by molar-refractivity contribution is -0.864. The van der Waals surface area contributed by atoms with E-state index in [1.54, 1.807) is 0 Å². The smallest absolute Gasteiger partial charge is 0.0970 e. The molecule has 0 aromatic carbocycles. The fourth-order valence-electron chi connectivity index (χ4n) is 1.12. The van der Waals surface area contributed by atoms with Crippen LogP contribution in [0.4, 0.5) is 0 Å². The number of halogens is 1. The highest BCUT2D eigenvalue weighted by atomic mass is 35.5. The summed E-state index contributed by atoms with van der Waals surface area (Å²) < 4.78 is 1.01. The van der Waals surface area contributed by atoms with Crippen LogP contribution in [0.3, 0.4) is 0 Å². The summed E-state index contributed by atoms with van der Waals surface area (Å²) >= 11 is 0. The van der Waals surface area contributed by atoms with Crippen LogP contribution in [0.25, 0.3) is 0 Å². The molecule has 90 valence electrons. The number of quaternary nitrogens is 1. The fraction of sp³-hybridized carbons (Fsp3) is 0.692. The third-order valence-electron chi connectivity index (χ3n) is 2.08. The molecule has 0 amide bonds. The molecule has 0 bridgehead atoms. The van der Waals surface area contributed by atoms with Crippen molar-refractivity contribution in [3.63, 3.8) is 0 Å². The van der Waals surface area contributed by atoms with Gasteiger partial charge in [-0.3, -0.25) is 0 Å². The van der Waals surface area contributed by atoms with E-state index < -0.39 is 0 Å². The van der Waals surface area contributed by atoms with E-state index in [1.807, 2.05) is 0 Å². The van der Waals surface area contributed by atoms with Crippen LogP contribution in [0.5, 0.6) is 0 Å². The van der Waals surface area contributed by atoms with E-state index in [0.29, 0.717) is 0 Å². The lowest BCUT2D eigenvalue weighted by Gasteiger charge is -2.22. The van der Waals surface area contributed by atoms with Crippen LogP contribution in [0.15, 0.2) is 23.3 Å². The normalized spacial score (nSPS) is 12.0. The Morgan fingerprint density at radius 1 is 1.00 bits per heavy atom. The van der Waals surface area contributed by atoms with E-state index in [1.165, 1.54) is 24.0 Å². The van der Waals surface area contributed by atoms with Crippen LogP contribution in [0, 0.1) is 0 Å². The molecule has 0 radical (unpaired) electrons. The zero-order valence-corrected chi connectivity index (χ0v) is 11.9. The second-order valence-corrected chi connectivity index (χ2v) is 5.34. The van der Waals surface area contributed by atoms with Crippen molar-refractivity contribution in [3.8, 4) is 0 Å². The highest BCUT2D eigenvalue weighted by molar-refractivity contribution is 5.02. The van der Waals surface area contributed by atoms with Crippen LogP contribution >= 0.6 is 0 Å². The van der Waals surface area contributed by atoms with Crippen molar-refractivity contribution in [2.24, 2.45) is 0 Å². The zero-order chi connectivity index (χ0) is 11.2. The lowest BCUT2D eigenvalue weighted by atomic mass is 10.1. The van der Waals surface area contributed by atoms with Crippen molar-refractivity contribution in [1.82, 2.24) is 0 Å². The molecule has 0 aliphatic rings. The molecule has 0 aliphatic heterocycles. The molecule has 0 aromatic rings. The van der Waals surface area contributed by atoms with Crippen LogP contribution in [-0.4, -0.2) is 32.2 Å².